The van der Waals surface area contributed by atoms with Crippen molar-refractivity contribution < 1.29 is 4.42 Å². The molecule has 5 nitrogen and oxygen atoms in total. The molecule has 2 heterocycles. The Morgan fingerprint density at radius 2 is 2.46 bits per heavy atom. The average molecular weight is 196 g/mol. The van der Waals surface area contributed by atoms with Crippen LogP contribution in [0.1, 0.15) is 11.8 Å². The Hall–Kier alpha value is -1.30. The number of aromatic nitrogens is 4. The van der Waals surface area contributed by atoms with E-state index in [2.05, 4.69) is 20.2 Å². The van der Waals surface area contributed by atoms with Crippen LogP contribution in [0, 0.1) is 6.92 Å². The van der Waals surface area contributed by atoms with Crippen molar-refractivity contribution in [2.75, 3.05) is 0 Å². The van der Waals surface area contributed by atoms with E-state index < -0.39 is 0 Å². The molecule has 6 heteroatoms. The molecule has 0 fully saturated rings. The highest BCUT2D eigenvalue weighted by Gasteiger charge is 2.03. The van der Waals surface area contributed by atoms with E-state index >= 15 is 0 Å². The minimum Gasteiger partial charge on any atom is -0.425 e. The monoisotopic (exact) mass is 196 g/mol. The lowest BCUT2D eigenvalue weighted by Gasteiger charge is -1.90. The largest absolute Gasteiger partial charge is 0.425 e. The highest BCUT2D eigenvalue weighted by Crippen LogP contribution is 2.17. The molecular formula is C7H8N4OS. The standard InChI is InChI=1S/C7H8N4OS/c1-5-10-11-6(12-5)4-13-7-8-2-3-9-7/h2-3H,4H2,1H3,(H,8,9). The first-order valence-corrected chi connectivity index (χ1v) is 4.74. The quantitative estimate of drug-likeness (QED) is 0.751. The molecule has 0 aromatic carbocycles. The van der Waals surface area contributed by atoms with Crippen LogP contribution >= 0.6 is 11.8 Å². The third-order valence-electron chi connectivity index (χ3n) is 1.37. The lowest BCUT2D eigenvalue weighted by Crippen LogP contribution is -1.81. The Kier molecular flexibility index (Phi) is 2.31. The van der Waals surface area contributed by atoms with Gasteiger partial charge in [0.25, 0.3) is 0 Å². The Labute approximate surface area is 79.0 Å². The van der Waals surface area contributed by atoms with E-state index in [9.17, 15) is 0 Å². The smallest absolute Gasteiger partial charge is 0.226 e. The Bertz CT molecular complexity index is 370. The summed E-state index contributed by atoms with van der Waals surface area (Å²) in [4.78, 5) is 7.03. The van der Waals surface area contributed by atoms with Crippen LogP contribution < -0.4 is 0 Å². The fraction of sp³-hybridized carbons (Fsp3) is 0.286. The molecule has 0 atom stereocenters. The number of rotatable bonds is 3. The number of aromatic amines is 1. The van der Waals surface area contributed by atoms with Gasteiger partial charge in [-0.1, -0.05) is 11.8 Å². The first-order chi connectivity index (χ1) is 6.34. The fourth-order valence-corrected chi connectivity index (χ4v) is 1.52. The summed E-state index contributed by atoms with van der Waals surface area (Å²) in [6.45, 7) is 1.77. The summed E-state index contributed by atoms with van der Waals surface area (Å²) < 4.78 is 5.20. The molecule has 0 aliphatic carbocycles. The fourth-order valence-electron chi connectivity index (χ4n) is 0.856. The molecule has 2 aromatic heterocycles. The molecule has 0 saturated carbocycles. The van der Waals surface area contributed by atoms with Crippen molar-refractivity contribution >= 4 is 11.8 Å². The molecule has 0 aliphatic rings. The summed E-state index contributed by atoms with van der Waals surface area (Å²) in [5.41, 5.74) is 0. The SMILES string of the molecule is Cc1nnc(CSc2ncc[nH]2)o1. The van der Waals surface area contributed by atoms with E-state index in [0.717, 1.165) is 5.16 Å². The maximum atomic E-state index is 5.20. The van der Waals surface area contributed by atoms with E-state index in [1.807, 2.05) is 0 Å². The number of thioether (sulfide) groups is 1. The van der Waals surface area contributed by atoms with Gasteiger partial charge in [-0.25, -0.2) is 4.98 Å². The lowest BCUT2D eigenvalue weighted by molar-refractivity contribution is 0.485. The van der Waals surface area contributed by atoms with Crippen LogP contribution in [0.5, 0.6) is 0 Å². The van der Waals surface area contributed by atoms with Crippen molar-refractivity contribution in [3.05, 3.63) is 24.2 Å². The van der Waals surface area contributed by atoms with E-state index in [0.29, 0.717) is 17.5 Å². The molecule has 0 amide bonds. The molecule has 1 N–H and O–H groups in total. The highest BCUT2D eigenvalue weighted by atomic mass is 32.2. The molecule has 0 spiro atoms. The summed E-state index contributed by atoms with van der Waals surface area (Å²) in [7, 11) is 0. The topological polar surface area (TPSA) is 67.6 Å². The van der Waals surface area contributed by atoms with Crippen molar-refractivity contribution in [3.63, 3.8) is 0 Å². The summed E-state index contributed by atoms with van der Waals surface area (Å²) >= 11 is 1.53. The van der Waals surface area contributed by atoms with Crippen LogP contribution in [-0.2, 0) is 5.75 Å². The summed E-state index contributed by atoms with van der Waals surface area (Å²) in [6.07, 6.45) is 3.49. The zero-order valence-corrected chi connectivity index (χ0v) is 7.84. The van der Waals surface area contributed by atoms with Gasteiger partial charge in [0.2, 0.25) is 11.8 Å². The second-order valence-corrected chi connectivity index (χ2v) is 3.36. The van der Waals surface area contributed by atoms with Gasteiger partial charge in [0.1, 0.15) is 0 Å². The van der Waals surface area contributed by atoms with Crippen LogP contribution in [0.25, 0.3) is 0 Å². The number of hydrogen-bond acceptors (Lipinski definition) is 5. The van der Waals surface area contributed by atoms with E-state index in [1.165, 1.54) is 11.8 Å². The van der Waals surface area contributed by atoms with Crippen molar-refractivity contribution in [3.8, 4) is 0 Å². The highest BCUT2D eigenvalue weighted by molar-refractivity contribution is 7.98. The third-order valence-corrected chi connectivity index (χ3v) is 2.26. The number of aryl methyl sites for hydroxylation is 1. The lowest BCUT2D eigenvalue weighted by atomic mass is 10.8. The van der Waals surface area contributed by atoms with Crippen molar-refractivity contribution in [1.82, 2.24) is 20.2 Å². The molecular weight excluding hydrogens is 188 g/mol. The minimum absolute atomic E-state index is 0.593. The molecule has 0 unspecified atom stereocenters. The zero-order chi connectivity index (χ0) is 9.10. The molecule has 13 heavy (non-hydrogen) atoms. The Morgan fingerprint density at radius 1 is 1.54 bits per heavy atom. The van der Waals surface area contributed by atoms with Gasteiger partial charge in [-0.05, 0) is 0 Å². The summed E-state index contributed by atoms with van der Waals surface area (Å²) in [5.74, 6) is 1.86. The van der Waals surface area contributed by atoms with E-state index in [-0.39, 0.29) is 0 Å². The van der Waals surface area contributed by atoms with Crippen LogP contribution in [-0.4, -0.2) is 20.2 Å². The molecule has 68 valence electrons. The number of nitrogens with one attached hydrogen (secondary N) is 1. The Morgan fingerprint density at radius 3 is 3.08 bits per heavy atom. The van der Waals surface area contributed by atoms with Gasteiger partial charge in [-0.2, -0.15) is 0 Å². The van der Waals surface area contributed by atoms with Crippen molar-refractivity contribution in [2.45, 2.75) is 17.8 Å². The summed E-state index contributed by atoms with van der Waals surface area (Å²) in [6, 6.07) is 0. The molecule has 2 rings (SSSR count). The van der Waals surface area contributed by atoms with Crippen LogP contribution in [0.4, 0.5) is 0 Å². The number of nitrogens with zero attached hydrogens (tertiary/aromatic N) is 3. The van der Waals surface area contributed by atoms with Crippen LogP contribution in [0.2, 0.25) is 0 Å². The van der Waals surface area contributed by atoms with Gasteiger partial charge in [0.05, 0.1) is 5.75 Å². The van der Waals surface area contributed by atoms with E-state index in [1.54, 1.807) is 19.3 Å². The van der Waals surface area contributed by atoms with Gasteiger partial charge >= 0.3 is 0 Å². The molecule has 2 aromatic rings. The van der Waals surface area contributed by atoms with Crippen LogP contribution in [0.15, 0.2) is 22.0 Å². The number of hydrogen-bond donors (Lipinski definition) is 1. The van der Waals surface area contributed by atoms with Crippen molar-refractivity contribution in [2.24, 2.45) is 0 Å². The second kappa shape index (κ2) is 3.61. The van der Waals surface area contributed by atoms with Gasteiger partial charge in [0.15, 0.2) is 5.16 Å². The first-order valence-electron chi connectivity index (χ1n) is 3.76. The number of imidazole rings is 1. The molecule has 0 saturated heterocycles. The zero-order valence-electron chi connectivity index (χ0n) is 7.02. The predicted molar refractivity (Wildman–Crippen MR) is 47.2 cm³/mol. The average Bonchev–Trinajstić information content (AvgIpc) is 2.71. The summed E-state index contributed by atoms with van der Waals surface area (Å²) in [5, 5.41) is 8.45. The second-order valence-electron chi connectivity index (χ2n) is 2.40. The predicted octanol–water partition coefficient (Wildman–Crippen LogP) is 1.39. The van der Waals surface area contributed by atoms with Crippen molar-refractivity contribution in [1.29, 1.82) is 0 Å². The Balaban J connectivity index is 1.93. The molecule has 0 bridgehead atoms. The maximum Gasteiger partial charge on any atom is 0.226 e. The molecule has 0 aliphatic heterocycles. The molecule has 0 radical (unpaired) electrons. The third kappa shape index (κ3) is 2.09. The minimum atomic E-state index is 0.593. The number of H-pyrrole nitrogens is 1. The van der Waals surface area contributed by atoms with Gasteiger partial charge in [-0.15, -0.1) is 10.2 Å². The van der Waals surface area contributed by atoms with Crippen LogP contribution in [0.3, 0.4) is 0 Å². The van der Waals surface area contributed by atoms with E-state index in [4.69, 9.17) is 4.42 Å². The van der Waals surface area contributed by atoms with Gasteiger partial charge in [0, 0.05) is 19.3 Å². The van der Waals surface area contributed by atoms with Gasteiger partial charge < -0.3 is 9.40 Å². The van der Waals surface area contributed by atoms with Gasteiger partial charge in [-0.3, -0.25) is 0 Å². The first kappa shape index (κ1) is 8.31. The normalized spacial score (nSPS) is 10.5. The maximum absolute atomic E-state index is 5.20.